The lowest BCUT2D eigenvalue weighted by Gasteiger charge is -2.34. The van der Waals surface area contributed by atoms with Crippen molar-refractivity contribution in [3.8, 4) is 0 Å². The van der Waals surface area contributed by atoms with E-state index in [1.54, 1.807) is 6.07 Å². The van der Waals surface area contributed by atoms with Gasteiger partial charge in [0.05, 0.1) is 5.69 Å². The number of hydrogen-bond acceptors (Lipinski definition) is 5. The van der Waals surface area contributed by atoms with Gasteiger partial charge in [0.1, 0.15) is 5.56 Å². The highest BCUT2D eigenvalue weighted by atomic mass is 32.1. The standard InChI is InChI=1S/C21H24N4O2S/c1-13-7-14(2)10-25(9-13)11-16-12-28-21(22-16)24-20(27)17-8-15-5-3-4-6-18(15)23-19(17)26/h3-6,8,12-14H,7,9-11H2,1-2H3,(H,23,26)(H,22,24,27). The minimum Gasteiger partial charge on any atom is -0.321 e. The number of H-pyrrole nitrogens is 1. The van der Waals surface area contributed by atoms with Crippen molar-refractivity contribution < 1.29 is 4.79 Å². The van der Waals surface area contributed by atoms with Crippen LogP contribution in [-0.2, 0) is 6.54 Å². The van der Waals surface area contributed by atoms with Crippen molar-refractivity contribution in [3.63, 3.8) is 0 Å². The quantitative estimate of drug-likeness (QED) is 0.705. The fraction of sp³-hybridized carbons (Fsp3) is 0.381. The number of thiazole rings is 1. The first kappa shape index (κ1) is 18.8. The highest BCUT2D eigenvalue weighted by Gasteiger charge is 2.22. The molecule has 0 radical (unpaired) electrons. The van der Waals surface area contributed by atoms with Crippen LogP contribution in [0.15, 0.2) is 40.5 Å². The number of fused-ring (bicyclic) bond motifs is 1. The van der Waals surface area contributed by atoms with Crippen LogP contribution in [0.3, 0.4) is 0 Å². The van der Waals surface area contributed by atoms with E-state index in [1.165, 1.54) is 17.8 Å². The molecule has 1 aromatic carbocycles. The summed E-state index contributed by atoms with van der Waals surface area (Å²) in [5.74, 6) is 0.954. The van der Waals surface area contributed by atoms with Crippen LogP contribution < -0.4 is 10.9 Å². The summed E-state index contributed by atoms with van der Waals surface area (Å²) >= 11 is 1.39. The predicted octanol–water partition coefficient (Wildman–Crippen LogP) is 3.71. The lowest BCUT2D eigenvalue weighted by Crippen LogP contribution is -2.38. The van der Waals surface area contributed by atoms with Crippen LogP contribution in [0.1, 0.15) is 36.3 Å². The molecule has 2 unspecified atom stereocenters. The van der Waals surface area contributed by atoms with Crippen LogP contribution in [0.25, 0.3) is 10.9 Å². The zero-order valence-electron chi connectivity index (χ0n) is 16.1. The summed E-state index contributed by atoms with van der Waals surface area (Å²) in [5, 5.41) is 6.08. The normalized spacial score (nSPS) is 20.4. The zero-order chi connectivity index (χ0) is 19.7. The molecular formula is C21H24N4O2S. The van der Waals surface area contributed by atoms with Gasteiger partial charge < -0.3 is 4.98 Å². The minimum atomic E-state index is -0.437. The lowest BCUT2D eigenvalue weighted by molar-refractivity contribution is 0.102. The molecule has 2 N–H and O–H groups in total. The number of anilines is 1. The van der Waals surface area contributed by atoms with E-state index in [0.29, 0.717) is 22.5 Å². The SMILES string of the molecule is CC1CC(C)CN(Cc2csc(NC(=O)c3cc4ccccc4[nH]c3=O)n2)C1. The Morgan fingerprint density at radius 3 is 2.82 bits per heavy atom. The number of nitrogens with zero attached hydrogens (tertiary/aromatic N) is 2. The van der Waals surface area contributed by atoms with Gasteiger partial charge in [-0.3, -0.25) is 19.8 Å². The van der Waals surface area contributed by atoms with Gasteiger partial charge in [-0.2, -0.15) is 0 Å². The molecule has 7 heteroatoms. The molecule has 0 bridgehead atoms. The highest BCUT2D eigenvalue weighted by molar-refractivity contribution is 7.14. The fourth-order valence-corrected chi connectivity index (χ4v) is 4.76. The van der Waals surface area contributed by atoms with Gasteiger partial charge in [0, 0.05) is 30.5 Å². The number of carbonyl (C=O) groups is 1. The Morgan fingerprint density at radius 2 is 2.04 bits per heavy atom. The third-order valence-corrected chi connectivity index (χ3v) is 5.91. The fourth-order valence-electron chi connectivity index (χ4n) is 4.07. The van der Waals surface area contributed by atoms with Crippen LogP contribution in [0.4, 0.5) is 5.13 Å². The molecule has 1 fully saturated rings. The van der Waals surface area contributed by atoms with Gasteiger partial charge in [-0.25, -0.2) is 4.98 Å². The predicted molar refractivity (Wildman–Crippen MR) is 113 cm³/mol. The summed E-state index contributed by atoms with van der Waals surface area (Å²) < 4.78 is 0. The number of aromatic nitrogens is 2. The van der Waals surface area contributed by atoms with E-state index in [0.717, 1.165) is 30.7 Å². The maximum absolute atomic E-state index is 12.6. The smallest absolute Gasteiger partial charge is 0.263 e. The summed E-state index contributed by atoms with van der Waals surface area (Å²) in [6.07, 6.45) is 1.27. The van der Waals surface area contributed by atoms with Crippen molar-refractivity contribution in [1.29, 1.82) is 0 Å². The maximum atomic E-state index is 12.6. The Kier molecular flexibility index (Phi) is 5.28. The summed E-state index contributed by atoms with van der Waals surface area (Å²) in [6.45, 7) is 7.52. The van der Waals surface area contributed by atoms with Gasteiger partial charge in [0.15, 0.2) is 5.13 Å². The van der Waals surface area contributed by atoms with Gasteiger partial charge in [-0.15, -0.1) is 11.3 Å². The van der Waals surface area contributed by atoms with E-state index in [4.69, 9.17) is 0 Å². The van der Waals surface area contributed by atoms with Gasteiger partial charge in [-0.05, 0) is 35.8 Å². The molecule has 1 aliphatic heterocycles. The number of benzene rings is 1. The lowest BCUT2D eigenvalue weighted by atomic mass is 9.92. The van der Waals surface area contributed by atoms with Crippen LogP contribution >= 0.6 is 11.3 Å². The molecule has 6 nitrogen and oxygen atoms in total. The number of para-hydroxylation sites is 1. The van der Waals surface area contributed by atoms with Crippen molar-refractivity contribution in [1.82, 2.24) is 14.9 Å². The number of amides is 1. The Balaban J connectivity index is 1.46. The average molecular weight is 397 g/mol. The van der Waals surface area contributed by atoms with Crippen molar-refractivity contribution in [2.24, 2.45) is 11.8 Å². The van der Waals surface area contributed by atoms with Gasteiger partial charge in [0.25, 0.3) is 11.5 Å². The molecule has 4 rings (SSSR count). The molecule has 28 heavy (non-hydrogen) atoms. The van der Waals surface area contributed by atoms with Crippen LogP contribution in [0.5, 0.6) is 0 Å². The second-order valence-electron chi connectivity index (χ2n) is 7.84. The zero-order valence-corrected chi connectivity index (χ0v) is 16.9. The molecule has 2 aromatic heterocycles. The van der Waals surface area contributed by atoms with E-state index in [-0.39, 0.29) is 5.56 Å². The van der Waals surface area contributed by atoms with Crippen molar-refractivity contribution in [2.75, 3.05) is 18.4 Å². The Hall–Kier alpha value is -2.51. The largest absolute Gasteiger partial charge is 0.321 e. The van der Waals surface area contributed by atoms with E-state index in [2.05, 4.69) is 34.0 Å². The van der Waals surface area contributed by atoms with Crippen molar-refractivity contribution >= 4 is 33.3 Å². The molecule has 146 valence electrons. The molecule has 0 spiro atoms. The first-order chi connectivity index (χ1) is 13.5. The monoisotopic (exact) mass is 396 g/mol. The number of carbonyl (C=O) groups excluding carboxylic acids is 1. The molecule has 1 amide bonds. The second kappa shape index (κ2) is 7.85. The summed E-state index contributed by atoms with van der Waals surface area (Å²) in [5.41, 5.74) is 1.36. The molecule has 0 saturated carbocycles. The van der Waals surface area contributed by atoms with Gasteiger partial charge >= 0.3 is 0 Å². The number of piperidine rings is 1. The Bertz CT molecular complexity index is 1050. The number of rotatable bonds is 4. The van der Waals surface area contributed by atoms with Crippen LogP contribution in [-0.4, -0.2) is 33.9 Å². The average Bonchev–Trinajstić information content (AvgIpc) is 3.06. The molecule has 3 aromatic rings. The Morgan fingerprint density at radius 1 is 1.29 bits per heavy atom. The van der Waals surface area contributed by atoms with E-state index >= 15 is 0 Å². The highest BCUT2D eigenvalue weighted by Crippen LogP contribution is 2.24. The summed E-state index contributed by atoms with van der Waals surface area (Å²) in [7, 11) is 0. The van der Waals surface area contributed by atoms with Gasteiger partial charge in [0.2, 0.25) is 0 Å². The van der Waals surface area contributed by atoms with E-state index in [9.17, 15) is 9.59 Å². The molecule has 2 atom stereocenters. The summed E-state index contributed by atoms with van der Waals surface area (Å²) in [4.78, 5) is 34.6. The second-order valence-corrected chi connectivity index (χ2v) is 8.70. The number of likely N-dealkylation sites (tertiary alicyclic amines) is 1. The number of hydrogen-bond donors (Lipinski definition) is 2. The first-order valence-corrected chi connectivity index (χ1v) is 10.5. The van der Waals surface area contributed by atoms with E-state index in [1.807, 2.05) is 29.6 Å². The first-order valence-electron chi connectivity index (χ1n) is 9.58. The topological polar surface area (TPSA) is 78.1 Å². The third kappa shape index (κ3) is 4.15. The minimum absolute atomic E-state index is 0.0918. The maximum Gasteiger partial charge on any atom is 0.263 e. The van der Waals surface area contributed by atoms with Crippen LogP contribution in [0.2, 0.25) is 0 Å². The van der Waals surface area contributed by atoms with E-state index < -0.39 is 11.5 Å². The van der Waals surface area contributed by atoms with Gasteiger partial charge in [-0.1, -0.05) is 32.0 Å². The van der Waals surface area contributed by atoms with Crippen molar-refractivity contribution in [3.05, 3.63) is 57.3 Å². The number of pyridine rings is 1. The number of aromatic amines is 1. The molecule has 1 saturated heterocycles. The summed E-state index contributed by atoms with van der Waals surface area (Å²) in [6, 6.07) is 9.02. The molecule has 0 aliphatic carbocycles. The molecular weight excluding hydrogens is 372 g/mol. The number of nitrogens with one attached hydrogen (secondary N) is 2. The molecule has 1 aliphatic rings. The van der Waals surface area contributed by atoms with Crippen LogP contribution in [0, 0.1) is 11.8 Å². The third-order valence-electron chi connectivity index (χ3n) is 5.10. The Labute approximate surface area is 167 Å². The molecule has 3 heterocycles. The van der Waals surface area contributed by atoms with Crippen molar-refractivity contribution in [2.45, 2.75) is 26.8 Å².